The molecule has 0 N–H and O–H groups in total. The van der Waals surface area contributed by atoms with Crippen molar-refractivity contribution in [2.24, 2.45) is 0 Å². The van der Waals surface area contributed by atoms with Crippen molar-refractivity contribution in [3.8, 4) is 5.75 Å². The van der Waals surface area contributed by atoms with Gasteiger partial charge in [0.15, 0.2) is 5.78 Å². The third kappa shape index (κ3) is 4.89. The van der Waals surface area contributed by atoms with Gasteiger partial charge < -0.3 is 4.74 Å². The minimum Gasteiger partial charge on any atom is -0.423 e. The van der Waals surface area contributed by atoms with Gasteiger partial charge in [-0.1, -0.05) is 47.0 Å². The summed E-state index contributed by atoms with van der Waals surface area (Å²) in [5, 5.41) is 0.935. The molecule has 3 rings (SSSR count). The van der Waals surface area contributed by atoms with Gasteiger partial charge in [-0.15, -0.1) is 0 Å². The van der Waals surface area contributed by atoms with E-state index in [-0.39, 0.29) is 5.78 Å². The Morgan fingerprint density at radius 2 is 1.39 bits per heavy atom. The molecule has 0 heterocycles. The molecule has 0 bridgehead atoms. The van der Waals surface area contributed by atoms with Crippen molar-refractivity contribution in [3.05, 3.63) is 105 Å². The number of carbonyl (C=O) groups is 2. The number of rotatable bonds is 5. The normalized spacial score (nSPS) is 10.8. The maximum absolute atomic E-state index is 12.3. The van der Waals surface area contributed by atoms with Crippen LogP contribution in [0.25, 0.3) is 6.08 Å². The first-order chi connectivity index (χ1) is 13.4. The fourth-order valence-corrected chi connectivity index (χ4v) is 2.99. The number of esters is 1. The van der Waals surface area contributed by atoms with Crippen molar-refractivity contribution < 1.29 is 14.3 Å². The summed E-state index contributed by atoms with van der Waals surface area (Å²) in [5.74, 6) is -0.306. The van der Waals surface area contributed by atoms with Gasteiger partial charge >= 0.3 is 5.97 Å². The SMILES string of the molecule is Cc1ccc(C(=O)Oc2ccc(C(=O)/C=C/c3c(Cl)cccc3Cl)cc2)cc1. The molecule has 3 nitrogen and oxygen atoms in total. The van der Waals surface area contributed by atoms with Crippen LogP contribution in [0.2, 0.25) is 10.0 Å². The summed E-state index contributed by atoms with van der Waals surface area (Å²) in [4.78, 5) is 24.5. The predicted molar refractivity (Wildman–Crippen MR) is 112 cm³/mol. The topological polar surface area (TPSA) is 43.4 Å². The first-order valence-corrected chi connectivity index (χ1v) is 9.25. The van der Waals surface area contributed by atoms with Crippen LogP contribution < -0.4 is 4.74 Å². The second-order valence-corrected chi connectivity index (χ2v) is 6.93. The largest absolute Gasteiger partial charge is 0.423 e. The van der Waals surface area contributed by atoms with E-state index in [0.717, 1.165) is 5.56 Å². The van der Waals surface area contributed by atoms with E-state index < -0.39 is 5.97 Å². The van der Waals surface area contributed by atoms with E-state index in [1.54, 1.807) is 60.7 Å². The molecule has 0 spiro atoms. The maximum atomic E-state index is 12.3. The highest BCUT2D eigenvalue weighted by atomic mass is 35.5. The second-order valence-electron chi connectivity index (χ2n) is 6.11. The van der Waals surface area contributed by atoms with Crippen molar-refractivity contribution in [1.29, 1.82) is 0 Å². The lowest BCUT2D eigenvalue weighted by molar-refractivity contribution is 0.0734. The smallest absolute Gasteiger partial charge is 0.343 e. The first kappa shape index (κ1) is 19.9. The molecule has 0 atom stereocenters. The summed E-state index contributed by atoms with van der Waals surface area (Å²) < 4.78 is 5.33. The average molecular weight is 411 g/mol. The van der Waals surface area contributed by atoms with Crippen LogP contribution >= 0.6 is 23.2 Å². The molecule has 0 aliphatic rings. The molecule has 3 aromatic rings. The number of ether oxygens (including phenoxy) is 1. The Kier molecular flexibility index (Phi) is 6.30. The van der Waals surface area contributed by atoms with Gasteiger partial charge in [0, 0.05) is 21.2 Å². The van der Waals surface area contributed by atoms with Gasteiger partial charge in [-0.05, 0) is 67.6 Å². The molecule has 0 aliphatic carbocycles. The lowest BCUT2D eigenvalue weighted by atomic mass is 10.1. The Morgan fingerprint density at radius 1 is 0.821 bits per heavy atom. The highest BCUT2D eigenvalue weighted by Gasteiger charge is 2.09. The quantitative estimate of drug-likeness (QED) is 0.211. The van der Waals surface area contributed by atoms with E-state index in [1.165, 1.54) is 6.08 Å². The van der Waals surface area contributed by atoms with Gasteiger partial charge in [0.05, 0.1) is 5.56 Å². The lowest BCUT2D eigenvalue weighted by Gasteiger charge is -2.05. The minimum absolute atomic E-state index is 0.215. The summed E-state index contributed by atoms with van der Waals surface area (Å²) in [6.45, 7) is 1.94. The number of hydrogen-bond donors (Lipinski definition) is 0. The minimum atomic E-state index is -0.452. The third-order valence-corrected chi connectivity index (χ3v) is 4.70. The molecule has 0 aliphatic heterocycles. The molecule has 0 saturated heterocycles. The molecule has 28 heavy (non-hydrogen) atoms. The van der Waals surface area contributed by atoms with Crippen molar-refractivity contribution in [2.45, 2.75) is 6.92 Å². The van der Waals surface area contributed by atoms with Crippen molar-refractivity contribution >= 4 is 41.0 Å². The molecule has 3 aromatic carbocycles. The molecule has 0 unspecified atom stereocenters. The molecule has 0 radical (unpaired) electrons. The van der Waals surface area contributed by atoms with Gasteiger partial charge in [-0.25, -0.2) is 4.79 Å². The zero-order chi connectivity index (χ0) is 20.1. The Bertz CT molecular complexity index is 1020. The summed E-state index contributed by atoms with van der Waals surface area (Å²) >= 11 is 12.2. The van der Waals surface area contributed by atoms with Crippen LogP contribution in [-0.4, -0.2) is 11.8 Å². The molecule has 5 heteroatoms. The summed E-state index contributed by atoms with van der Waals surface area (Å²) in [5.41, 5.74) is 2.56. The molecule has 0 fully saturated rings. The van der Waals surface area contributed by atoms with Crippen LogP contribution in [0.5, 0.6) is 5.75 Å². The first-order valence-electron chi connectivity index (χ1n) is 8.49. The van der Waals surface area contributed by atoms with E-state index in [2.05, 4.69) is 0 Å². The van der Waals surface area contributed by atoms with Gasteiger partial charge in [-0.2, -0.15) is 0 Å². The number of hydrogen-bond acceptors (Lipinski definition) is 3. The summed E-state index contributed by atoms with van der Waals surface area (Å²) in [7, 11) is 0. The molecule has 140 valence electrons. The van der Waals surface area contributed by atoms with Gasteiger partial charge in [0.25, 0.3) is 0 Å². The van der Waals surface area contributed by atoms with Crippen molar-refractivity contribution in [3.63, 3.8) is 0 Å². The number of benzene rings is 3. The van der Waals surface area contributed by atoms with Gasteiger partial charge in [0.1, 0.15) is 5.75 Å². The van der Waals surface area contributed by atoms with Crippen LogP contribution in [0.1, 0.15) is 31.8 Å². The van der Waals surface area contributed by atoms with Crippen LogP contribution in [0.4, 0.5) is 0 Å². The van der Waals surface area contributed by atoms with E-state index in [1.807, 2.05) is 19.1 Å². The van der Waals surface area contributed by atoms with Crippen LogP contribution in [0.15, 0.2) is 72.8 Å². The average Bonchev–Trinajstić information content (AvgIpc) is 2.68. The van der Waals surface area contributed by atoms with Crippen LogP contribution in [0.3, 0.4) is 0 Å². The van der Waals surface area contributed by atoms with E-state index in [4.69, 9.17) is 27.9 Å². The molecule has 0 aromatic heterocycles. The Labute approximate surface area is 173 Å². The predicted octanol–water partition coefficient (Wildman–Crippen LogP) is 6.42. The van der Waals surface area contributed by atoms with Crippen LogP contribution in [-0.2, 0) is 0 Å². The van der Waals surface area contributed by atoms with Gasteiger partial charge in [0.2, 0.25) is 0 Å². The molecule has 0 amide bonds. The van der Waals surface area contributed by atoms with E-state index >= 15 is 0 Å². The highest BCUT2D eigenvalue weighted by Crippen LogP contribution is 2.25. The Balaban J connectivity index is 1.68. The molecule has 0 saturated carbocycles. The van der Waals surface area contributed by atoms with Crippen molar-refractivity contribution in [2.75, 3.05) is 0 Å². The van der Waals surface area contributed by atoms with Gasteiger partial charge in [-0.3, -0.25) is 4.79 Å². The summed E-state index contributed by atoms with van der Waals surface area (Å²) in [6.07, 6.45) is 2.98. The monoisotopic (exact) mass is 410 g/mol. The number of halogens is 2. The van der Waals surface area contributed by atoms with E-state index in [0.29, 0.717) is 32.5 Å². The van der Waals surface area contributed by atoms with E-state index in [9.17, 15) is 9.59 Å². The second kappa shape index (κ2) is 8.87. The third-order valence-electron chi connectivity index (χ3n) is 4.04. The highest BCUT2D eigenvalue weighted by molar-refractivity contribution is 6.37. The number of carbonyl (C=O) groups excluding carboxylic acids is 2. The molecular formula is C23H16Cl2O3. The Hall–Kier alpha value is -2.88. The zero-order valence-electron chi connectivity index (χ0n) is 15.0. The zero-order valence-corrected chi connectivity index (χ0v) is 16.5. The standard InChI is InChI=1S/C23H16Cl2O3/c1-15-5-7-17(8-6-15)23(27)28-18-11-9-16(10-12-18)22(26)14-13-19-20(24)3-2-4-21(19)25/h2-14H,1H3/b14-13+. The number of aryl methyl sites for hydroxylation is 1. The maximum Gasteiger partial charge on any atom is 0.343 e. The van der Waals surface area contributed by atoms with Crippen LogP contribution in [0, 0.1) is 6.92 Å². The number of allylic oxidation sites excluding steroid dienone is 1. The lowest BCUT2D eigenvalue weighted by Crippen LogP contribution is -2.08. The fourth-order valence-electron chi connectivity index (χ4n) is 2.47. The van der Waals surface area contributed by atoms with Crippen molar-refractivity contribution in [1.82, 2.24) is 0 Å². The molecular weight excluding hydrogens is 395 g/mol. The summed E-state index contributed by atoms with van der Waals surface area (Å²) in [6, 6.07) is 18.6. The Morgan fingerprint density at radius 3 is 2.00 bits per heavy atom. The number of ketones is 1. The fraction of sp³-hybridized carbons (Fsp3) is 0.0435.